The third kappa shape index (κ3) is 6.88. The van der Waals surface area contributed by atoms with Gasteiger partial charge in [0.2, 0.25) is 10.0 Å². The second-order valence-electron chi connectivity index (χ2n) is 4.67. The molecule has 1 rings (SSSR count). The van der Waals surface area contributed by atoms with Crippen molar-refractivity contribution >= 4 is 15.8 Å². The van der Waals surface area contributed by atoms with Gasteiger partial charge < -0.3 is 10.1 Å². The van der Waals surface area contributed by atoms with Gasteiger partial charge in [-0.3, -0.25) is 0 Å². The van der Waals surface area contributed by atoms with Gasteiger partial charge in [0.25, 0.3) is 0 Å². The van der Waals surface area contributed by atoms with Crippen LogP contribution >= 0.6 is 0 Å². The van der Waals surface area contributed by atoms with Crippen molar-refractivity contribution < 1.29 is 13.2 Å². The summed E-state index contributed by atoms with van der Waals surface area (Å²) in [6.45, 7) is 6.54. The average molecular weight is 315 g/mol. The smallest absolute Gasteiger partial charge is 0.242 e. The van der Waals surface area contributed by atoms with Gasteiger partial charge in [0.05, 0.1) is 0 Å². The quantitative estimate of drug-likeness (QED) is 0.611. The van der Waals surface area contributed by atoms with Crippen molar-refractivity contribution in [3.05, 3.63) is 18.3 Å². The molecule has 0 aromatic carbocycles. The van der Waals surface area contributed by atoms with Crippen LogP contribution in [0.15, 0.2) is 23.2 Å². The minimum atomic E-state index is -3.49. The van der Waals surface area contributed by atoms with E-state index in [4.69, 9.17) is 4.74 Å². The van der Waals surface area contributed by atoms with Gasteiger partial charge in [0, 0.05) is 32.5 Å². The third-order valence-electron chi connectivity index (χ3n) is 2.71. The summed E-state index contributed by atoms with van der Waals surface area (Å²) in [5.74, 6) is 0.684. The number of pyridine rings is 1. The second-order valence-corrected chi connectivity index (χ2v) is 6.44. The van der Waals surface area contributed by atoms with Gasteiger partial charge in [-0.25, -0.2) is 18.1 Å². The standard InChI is InChI=1S/C14H25N3O3S/c1-3-8-15-14-7-6-13(12-16-14)21(18,19)17-9-5-11-20-10-4-2/h6-7,12,17H,3-5,8-11H2,1-2H3,(H,15,16). The molecule has 0 saturated heterocycles. The number of hydrogen-bond donors (Lipinski definition) is 2. The minimum Gasteiger partial charge on any atom is -0.381 e. The van der Waals surface area contributed by atoms with Crippen molar-refractivity contribution in [3.63, 3.8) is 0 Å². The Kier molecular flexibility index (Phi) is 8.26. The largest absolute Gasteiger partial charge is 0.381 e. The highest BCUT2D eigenvalue weighted by atomic mass is 32.2. The van der Waals surface area contributed by atoms with E-state index in [2.05, 4.69) is 21.9 Å². The van der Waals surface area contributed by atoms with Crippen LogP contribution in [0.3, 0.4) is 0 Å². The lowest BCUT2D eigenvalue weighted by Crippen LogP contribution is -2.25. The normalized spacial score (nSPS) is 11.5. The van der Waals surface area contributed by atoms with Gasteiger partial charge in [0.1, 0.15) is 10.7 Å². The van der Waals surface area contributed by atoms with E-state index in [0.717, 1.165) is 19.4 Å². The first kappa shape index (κ1) is 17.9. The van der Waals surface area contributed by atoms with E-state index < -0.39 is 10.0 Å². The number of aromatic nitrogens is 1. The molecule has 120 valence electrons. The van der Waals surface area contributed by atoms with Crippen LogP contribution in [0.25, 0.3) is 0 Å². The summed E-state index contributed by atoms with van der Waals surface area (Å²) in [5.41, 5.74) is 0. The summed E-state index contributed by atoms with van der Waals surface area (Å²) >= 11 is 0. The molecule has 7 heteroatoms. The molecule has 0 aliphatic heterocycles. The first-order valence-electron chi connectivity index (χ1n) is 7.37. The van der Waals surface area contributed by atoms with Crippen molar-refractivity contribution in [3.8, 4) is 0 Å². The fourth-order valence-electron chi connectivity index (χ4n) is 1.61. The zero-order valence-corrected chi connectivity index (χ0v) is 13.6. The molecule has 0 bridgehead atoms. The number of ether oxygens (including phenoxy) is 1. The summed E-state index contributed by atoms with van der Waals surface area (Å²) in [5, 5.41) is 3.10. The second kappa shape index (κ2) is 9.70. The van der Waals surface area contributed by atoms with Crippen LogP contribution in [0, 0.1) is 0 Å². The van der Waals surface area contributed by atoms with Crippen LogP contribution in [0.4, 0.5) is 5.82 Å². The zero-order chi connectivity index (χ0) is 15.6. The van der Waals surface area contributed by atoms with Gasteiger partial charge in [0.15, 0.2) is 0 Å². The third-order valence-corrected chi connectivity index (χ3v) is 4.16. The Morgan fingerprint density at radius 2 is 1.95 bits per heavy atom. The zero-order valence-electron chi connectivity index (χ0n) is 12.8. The van der Waals surface area contributed by atoms with Crippen LogP contribution in [0.5, 0.6) is 0 Å². The Hall–Kier alpha value is -1.18. The Morgan fingerprint density at radius 3 is 2.57 bits per heavy atom. The van der Waals surface area contributed by atoms with Gasteiger partial charge in [-0.05, 0) is 31.4 Å². The van der Waals surface area contributed by atoms with Gasteiger partial charge in [-0.15, -0.1) is 0 Å². The van der Waals surface area contributed by atoms with Crippen LogP contribution < -0.4 is 10.0 Å². The lowest BCUT2D eigenvalue weighted by molar-refractivity contribution is 0.133. The number of nitrogens with zero attached hydrogens (tertiary/aromatic N) is 1. The number of anilines is 1. The van der Waals surface area contributed by atoms with Crippen molar-refractivity contribution in [2.75, 3.05) is 31.6 Å². The molecular formula is C14H25N3O3S. The monoisotopic (exact) mass is 315 g/mol. The van der Waals surface area contributed by atoms with E-state index >= 15 is 0 Å². The predicted molar refractivity (Wildman–Crippen MR) is 83.9 cm³/mol. The van der Waals surface area contributed by atoms with Crippen molar-refractivity contribution in [1.29, 1.82) is 0 Å². The van der Waals surface area contributed by atoms with Crippen LogP contribution in [0.1, 0.15) is 33.1 Å². The Labute approximate surface area is 127 Å². The molecule has 6 nitrogen and oxygen atoms in total. The summed E-state index contributed by atoms with van der Waals surface area (Å²) in [6, 6.07) is 3.23. The predicted octanol–water partition coefficient (Wildman–Crippen LogP) is 2.00. The van der Waals surface area contributed by atoms with E-state index in [0.29, 0.717) is 32.0 Å². The summed E-state index contributed by atoms with van der Waals surface area (Å²) < 4.78 is 31.9. The molecule has 0 unspecified atom stereocenters. The van der Waals surface area contributed by atoms with Gasteiger partial charge in [-0.2, -0.15) is 0 Å². The lowest BCUT2D eigenvalue weighted by Gasteiger charge is -2.08. The molecule has 0 aliphatic rings. The number of nitrogens with one attached hydrogen (secondary N) is 2. The fraction of sp³-hybridized carbons (Fsp3) is 0.643. The summed E-state index contributed by atoms with van der Waals surface area (Å²) in [6.07, 6.45) is 3.98. The topological polar surface area (TPSA) is 80.3 Å². The van der Waals surface area contributed by atoms with E-state index in [1.54, 1.807) is 12.1 Å². The molecule has 0 aliphatic carbocycles. The van der Waals surface area contributed by atoms with Gasteiger partial charge >= 0.3 is 0 Å². The molecule has 1 aromatic rings. The lowest BCUT2D eigenvalue weighted by atomic mass is 10.4. The van der Waals surface area contributed by atoms with Crippen LogP contribution in [-0.2, 0) is 14.8 Å². The molecule has 0 fully saturated rings. The van der Waals surface area contributed by atoms with Crippen molar-refractivity contribution in [1.82, 2.24) is 9.71 Å². The minimum absolute atomic E-state index is 0.180. The number of rotatable bonds is 11. The average Bonchev–Trinajstić information content (AvgIpc) is 2.49. The molecule has 0 spiro atoms. The Morgan fingerprint density at radius 1 is 1.14 bits per heavy atom. The molecular weight excluding hydrogens is 290 g/mol. The molecule has 0 atom stereocenters. The van der Waals surface area contributed by atoms with E-state index in [1.807, 2.05) is 6.92 Å². The maximum atomic E-state index is 12.0. The van der Waals surface area contributed by atoms with Crippen LogP contribution in [0.2, 0.25) is 0 Å². The van der Waals surface area contributed by atoms with E-state index in [9.17, 15) is 8.42 Å². The highest BCUT2D eigenvalue weighted by molar-refractivity contribution is 7.89. The number of sulfonamides is 1. The Balaban J connectivity index is 2.42. The Bertz CT molecular complexity index is 489. The van der Waals surface area contributed by atoms with E-state index in [1.165, 1.54) is 6.20 Å². The maximum absolute atomic E-state index is 12.0. The molecule has 2 N–H and O–H groups in total. The van der Waals surface area contributed by atoms with Crippen molar-refractivity contribution in [2.24, 2.45) is 0 Å². The molecule has 21 heavy (non-hydrogen) atoms. The summed E-state index contributed by atoms with van der Waals surface area (Å²) in [4.78, 5) is 4.28. The van der Waals surface area contributed by atoms with Crippen molar-refractivity contribution in [2.45, 2.75) is 38.0 Å². The van der Waals surface area contributed by atoms with E-state index in [-0.39, 0.29) is 4.90 Å². The number of hydrogen-bond acceptors (Lipinski definition) is 5. The van der Waals surface area contributed by atoms with Gasteiger partial charge in [-0.1, -0.05) is 13.8 Å². The SMILES string of the molecule is CCCNc1ccc(S(=O)(=O)NCCCOCCC)cn1. The summed E-state index contributed by atoms with van der Waals surface area (Å²) in [7, 11) is -3.49. The van der Waals surface area contributed by atoms with Crippen LogP contribution in [-0.4, -0.2) is 39.7 Å². The molecule has 1 heterocycles. The molecule has 0 radical (unpaired) electrons. The molecule has 0 saturated carbocycles. The first-order valence-corrected chi connectivity index (χ1v) is 8.85. The molecule has 1 aromatic heterocycles. The maximum Gasteiger partial charge on any atom is 0.242 e. The fourth-order valence-corrected chi connectivity index (χ4v) is 2.63. The molecule has 0 amide bonds. The highest BCUT2D eigenvalue weighted by Gasteiger charge is 2.13. The first-order chi connectivity index (χ1) is 10.1. The highest BCUT2D eigenvalue weighted by Crippen LogP contribution is 2.10.